The Morgan fingerprint density at radius 1 is 1.23 bits per heavy atom. The number of aromatic hydroxyl groups is 1. The molecule has 1 aromatic heterocycles. The number of nitrogens with zero attached hydrogens (tertiary/aromatic N) is 1. The van der Waals surface area contributed by atoms with Gasteiger partial charge in [-0.2, -0.15) is 0 Å². The lowest BCUT2D eigenvalue weighted by Gasteiger charge is -2.06. The van der Waals surface area contributed by atoms with Crippen molar-refractivity contribution in [3.63, 3.8) is 0 Å². The van der Waals surface area contributed by atoms with E-state index in [1.54, 1.807) is 19.1 Å². The number of non-ortho nitro benzene ring substituents is 1. The molecule has 7 nitrogen and oxygen atoms in total. The first-order valence-corrected chi connectivity index (χ1v) is 7.60. The highest BCUT2D eigenvalue weighted by Gasteiger charge is 2.17. The lowest BCUT2D eigenvalue weighted by molar-refractivity contribution is -0.384. The lowest BCUT2D eigenvalue weighted by Crippen LogP contribution is -2.03. The number of rotatable bonds is 4. The van der Waals surface area contributed by atoms with E-state index in [0.717, 1.165) is 6.08 Å². The molecule has 0 aliphatic rings. The Labute approximate surface area is 147 Å². The monoisotopic (exact) mass is 351 g/mol. The van der Waals surface area contributed by atoms with E-state index in [9.17, 15) is 24.8 Å². The van der Waals surface area contributed by atoms with Crippen molar-refractivity contribution in [2.24, 2.45) is 0 Å². The molecule has 3 aromatic rings. The van der Waals surface area contributed by atoms with Crippen LogP contribution in [0.15, 0.2) is 57.8 Å². The van der Waals surface area contributed by atoms with E-state index in [4.69, 9.17) is 4.42 Å². The molecule has 7 heteroatoms. The minimum absolute atomic E-state index is 0.00342. The quantitative estimate of drug-likeness (QED) is 0.253. The normalized spacial score (nSPS) is 11.1. The second kappa shape index (κ2) is 6.64. The van der Waals surface area contributed by atoms with Gasteiger partial charge in [-0.05, 0) is 36.3 Å². The Morgan fingerprint density at radius 2 is 2.00 bits per heavy atom. The van der Waals surface area contributed by atoms with Gasteiger partial charge in [0.05, 0.1) is 4.92 Å². The number of nitro groups is 1. The van der Waals surface area contributed by atoms with Crippen molar-refractivity contribution in [1.29, 1.82) is 0 Å². The van der Waals surface area contributed by atoms with Gasteiger partial charge in [-0.25, -0.2) is 4.79 Å². The number of hydrogen-bond donors (Lipinski definition) is 1. The number of benzene rings is 2. The summed E-state index contributed by atoms with van der Waals surface area (Å²) in [6.45, 7) is 1.70. The Hall–Kier alpha value is -3.74. The molecule has 1 heterocycles. The van der Waals surface area contributed by atoms with E-state index < -0.39 is 16.3 Å². The highest BCUT2D eigenvalue weighted by molar-refractivity contribution is 6.15. The van der Waals surface area contributed by atoms with Crippen molar-refractivity contribution in [3.05, 3.63) is 85.8 Å². The summed E-state index contributed by atoms with van der Waals surface area (Å²) >= 11 is 0. The lowest BCUT2D eigenvalue weighted by atomic mass is 10.0. The molecule has 0 fully saturated rings. The number of phenols is 1. The zero-order valence-electron chi connectivity index (χ0n) is 13.6. The van der Waals surface area contributed by atoms with Gasteiger partial charge in [0.2, 0.25) is 0 Å². The third kappa shape index (κ3) is 3.23. The van der Waals surface area contributed by atoms with Crippen LogP contribution in [-0.2, 0) is 0 Å². The molecule has 0 atom stereocenters. The van der Waals surface area contributed by atoms with Crippen LogP contribution in [0.1, 0.15) is 21.5 Å². The molecule has 0 unspecified atom stereocenters. The van der Waals surface area contributed by atoms with Crippen LogP contribution in [0, 0.1) is 17.0 Å². The largest absolute Gasteiger partial charge is 0.507 e. The first-order valence-electron chi connectivity index (χ1n) is 7.60. The Balaban J connectivity index is 2.05. The Bertz CT molecular complexity index is 1130. The number of allylic oxidation sites excluding steroid dienone is 1. The topological polar surface area (TPSA) is 111 Å². The molecule has 0 saturated carbocycles. The summed E-state index contributed by atoms with van der Waals surface area (Å²) in [5.74, 6) is -0.909. The number of hydrogen-bond acceptors (Lipinski definition) is 6. The van der Waals surface area contributed by atoms with Crippen molar-refractivity contribution in [2.45, 2.75) is 6.92 Å². The average molecular weight is 351 g/mol. The van der Waals surface area contributed by atoms with Crippen molar-refractivity contribution in [3.8, 4) is 5.75 Å². The SMILES string of the molecule is Cc1cc(=O)oc2c(C(=O)/C=C/c3cccc([N+](=O)[O-])c3)c(O)ccc12. The number of phenolic OH excluding ortho intramolecular Hbond substituents is 1. The fraction of sp³-hybridized carbons (Fsp3) is 0.0526. The first-order chi connectivity index (χ1) is 12.4. The molecule has 0 bridgehead atoms. The summed E-state index contributed by atoms with van der Waals surface area (Å²) in [5.41, 5.74) is 0.207. The minimum atomic E-state index is -0.627. The van der Waals surface area contributed by atoms with Crippen molar-refractivity contribution >= 4 is 28.5 Å². The molecular formula is C19H13NO6. The van der Waals surface area contributed by atoms with Gasteiger partial charge >= 0.3 is 5.63 Å². The summed E-state index contributed by atoms with van der Waals surface area (Å²) in [5, 5.41) is 21.4. The Kier molecular flexibility index (Phi) is 4.36. The maximum absolute atomic E-state index is 12.6. The van der Waals surface area contributed by atoms with Gasteiger partial charge < -0.3 is 9.52 Å². The van der Waals surface area contributed by atoms with E-state index >= 15 is 0 Å². The number of aryl methyl sites for hydroxylation is 1. The first kappa shape index (κ1) is 17.1. The number of fused-ring (bicyclic) bond motifs is 1. The fourth-order valence-corrected chi connectivity index (χ4v) is 2.61. The van der Waals surface area contributed by atoms with Crippen molar-refractivity contribution in [2.75, 3.05) is 0 Å². The van der Waals surface area contributed by atoms with Crippen LogP contribution in [0.2, 0.25) is 0 Å². The molecule has 0 aliphatic carbocycles. The van der Waals surface area contributed by atoms with Gasteiger partial charge in [0, 0.05) is 23.6 Å². The highest BCUT2D eigenvalue weighted by atomic mass is 16.6. The van der Waals surface area contributed by atoms with E-state index in [-0.39, 0.29) is 22.6 Å². The molecule has 2 aromatic carbocycles. The van der Waals surface area contributed by atoms with E-state index in [2.05, 4.69) is 0 Å². The van der Waals surface area contributed by atoms with Crippen LogP contribution in [0.25, 0.3) is 17.0 Å². The molecule has 130 valence electrons. The van der Waals surface area contributed by atoms with Gasteiger partial charge in [-0.1, -0.05) is 18.2 Å². The van der Waals surface area contributed by atoms with Gasteiger partial charge in [0.25, 0.3) is 5.69 Å². The number of nitro benzene ring substituents is 1. The molecule has 0 saturated heterocycles. The summed E-state index contributed by atoms with van der Waals surface area (Å²) in [7, 11) is 0. The second-order valence-electron chi connectivity index (χ2n) is 5.63. The zero-order valence-corrected chi connectivity index (χ0v) is 13.6. The van der Waals surface area contributed by atoms with Gasteiger partial charge in [-0.15, -0.1) is 0 Å². The molecule has 0 radical (unpaired) electrons. The standard InChI is InChI=1S/C19H13NO6/c1-11-9-17(23)26-19-14(11)6-8-16(22)18(19)15(21)7-5-12-3-2-4-13(10-12)20(24)25/h2-10,22H,1H3/b7-5+. The summed E-state index contributed by atoms with van der Waals surface area (Å²) < 4.78 is 5.12. The molecule has 0 spiro atoms. The summed E-state index contributed by atoms with van der Waals surface area (Å²) in [6, 6.07) is 9.97. The van der Waals surface area contributed by atoms with Crippen LogP contribution in [0.4, 0.5) is 5.69 Å². The molecule has 3 rings (SSSR count). The van der Waals surface area contributed by atoms with Gasteiger partial charge in [0.1, 0.15) is 11.3 Å². The number of ketones is 1. The van der Waals surface area contributed by atoms with Crippen molar-refractivity contribution < 1.29 is 19.2 Å². The average Bonchev–Trinajstić information content (AvgIpc) is 2.59. The maximum atomic E-state index is 12.6. The molecular weight excluding hydrogens is 338 g/mol. The van der Waals surface area contributed by atoms with E-state index in [1.165, 1.54) is 36.4 Å². The molecule has 0 aliphatic heterocycles. The van der Waals surface area contributed by atoms with Crippen LogP contribution in [-0.4, -0.2) is 15.8 Å². The smallest absolute Gasteiger partial charge is 0.336 e. The third-order valence-electron chi connectivity index (χ3n) is 3.85. The number of carbonyl (C=O) groups excluding carboxylic acids is 1. The van der Waals surface area contributed by atoms with Crippen LogP contribution in [0.3, 0.4) is 0 Å². The third-order valence-corrected chi connectivity index (χ3v) is 3.85. The van der Waals surface area contributed by atoms with Crippen molar-refractivity contribution in [1.82, 2.24) is 0 Å². The highest BCUT2D eigenvalue weighted by Crippen LogP contribution is 2.29. The minimum Gasteiger partial charge on any atom is -0.507 e. The second-order valence-corrected chi connectivity index (χ2v) is 5.63. The predicted molar refractivity (Wildman–Crippen MR) is 95.3 cm³/mol. The van der Waals surface area contributed by atoms with Gasteiger partial charge in [-0.3, -0.25) is 14.9 Å². The maximum Gasteiger partial charge on any atom is 0.336 e. The predicted octanol–water partition coefficient (Wildman–Crippen LogP) is 3.61. The molecule has 26 heavy (non-hydrogen) atoms. The van der Waals surface area contributed by atoms with Gasteiger partial charge in [0.15, 0.2) is 11.4 Å². The zero-order chi connectivity index (χ0) is 18.8. The van der Waals surface area contributed by atoms with E-state index in [1.807, 2.05) is 0 Å². The summed E-state index contributed by atoms with van der Waals surface area (Å²) in [6.07, 6.45) is 2.55. The number of carbonyl (C=O) groups is 1. The van der Waals surface area contributed by atoms with E-state index in [0.29, 0.717) is 16.5 Å². The van der Waals surface area contributed by atoms with Crippen LogP contribution < -0.4 is 5.63 Å². The fourth-order valence-electron chi connectivity index (χ4n) is 2.61. The molecule has 1 N–H and O–H groups in total. The molecule has 0 amide bonds. The van der Waals surface area contributed by atoms with Crippen LogP contribution >= 0.6 is 0 Å². The van der Waals surface area contributed by atoms with Crippen LogP contribution in [0.5, 0.6) is 5.75 Å². The Morgan fingerprint density at radius 3 is 2.73 bits per heavy atom. The summed E-state index contributed by atoms with van der Waals surface area (Å²) in [4.78, 5) is 34.5.